The fourth-order valence-electron chi connectivity index (χ4n) is 2.31. The van der Waals surface area contributed by atoms with E-state index < -0.39 is 0 Å². The Morgan fingerprint density at radius 1 is 1.08 bits per heavy atom. The van der Waals surface area contributed by atoms with Crippen molar-refractivity contribution in [2.45, 2.75) is 20.3 Å². The summed E-state index contributed by atoms with van der Waals surface area (Å²) in [4.78, 5) is 4.45. The molecular formula is C18H18ClN5. The van der Waals surface area contributed by atoms with E-state index in [1.807, 2.05) is 43.3 Å². The first-order chi connectivity index (χ1) is 11.7. The van der Waals surface area contributed by atoms with Crippen LogP contribution in [0.15, 0.2) is 48.7 Å². The summed E-state index contributed by atoms with van der Waals surface area (Å²) in [7, 11) is 0. The molecule has 0 aliphatic heterocycles. The van der Waals surface area contributed by atoms with Gasteiger partial charge in [-0.3, -0.25) is 0 Å². The van der Waals surface area contributed by atoms with Crippen LogP contribution in [0.5, 0.6) is 0 Å². The van der Waals surface area contributed by atoms with Crippen LogP contribution in [0, 0.1) is 6.92 Å². The topological polar surface area (TPSA) is 62.7 Å². The van der Waals surface area contributed by atoms with Crippen LogP contribution >= 0.6 is 11.6 Å². The highest BCUT2D eigenvalue weighted by Gasteiger charge is 2.05. The Kier molecular flexibility index (Phi) is 4.91. The molecule has 0 aliphatic rings. The van der Waals surface area contributed by atoms with Gasteiger partial charge in [0.05, 0.1) is 6.20 Å². The van der Waals surface area contributed by atoms with Gasteiger partial charge in [0.25, 0.3) is 0 Å². The molecule has 1 heterocycles. The molecule has 0 fully saturated rings. The number of anilines is 4. The third-order valence-electron chi connectivity index (χ3n) is 3.65. The summed E-state index contributed by atoms with van der Waals surface area (Å²) in [5.41, 5.74) is 4.06. The number of nitrogens with one attached hydrogen (secondary N) is 2. The molecule has 1 aromatic heterocycles. The summed E-state index contributed by atoms with van der Waals surface area (Å²) in [6.07, 6.45) is 2.50. The number of rotatable bonds is 5. The minimum atomic E-state index is 0.444. The molecule has 122 valence electrons. The van der Waals surface area contributed by atoms with Gasteiger partial charge in [0.1, 0.15) is 0 Å². The molecule has 3 aromatic rings. The van der Waals surface area contributed by atoms with Crippen molar-refractivity contribution in [2.75, 3.05) is 10.6 Å². The largest absolute Gasteiger partial charge is 0.339 e. The second-order valence-corrected chi connectivity index (χ2v) is 5.80. The molecular weight excluding hydrogens is 322 g/mol. The highest BCUT2D eigenvalue weighted by atomic mass is 35.5. The molecule has 0 amide bonds. The second kappa shape index (κ2) is 7.27. The van der Waals surface area contributed by atoms with Crippen LogP contribution in [0.4, 0.5) is 23.1 Å². The van der Waals surface area contributed by atoms with E-state index in [-0.39, 0.29) is 0 Å². The Morgan fingerprint density at radius 3 is 2.71 bits per heavy atom. The zero-order chi connectivity index (χ0) is 16.9. The molecule has 0 aliphatic carbocycles. The lowest BCUT2D eigenvalue weighted by Crippen LogP contribution is -2.03. The predicted molar refractivity (Wildman–Crippen MR) is 98.4 cm³/mol. The molecule has 0 unspecified atom stereocenters. The van der Waals surface area contributed by atoms with Gasteiger partial charge < -0.3 is 10.6 Å². The van der Waals surface area contributed by atoms with Crippen molar-refractivity contribution in [3.63, 3.8) is 0 Å². The van der Waals surface area contributed by atoms with Crippen LogP contribution in [-0.4, -0.2) is 15.2 Å². The van der Waals surface area contributed by atoms with E-state index in [2.05, 4.69) is 38.8 Å². The lowest BCUT2D eigenvalue weighted by molar-refractivity contribution is 0.980. The number of nitrogens with zero attached hydrogens (tertiary/aromatic N) is 3. The summed E-state index contributed by atoms with van der Waals surface area (Å²) < 4.78 is 0. The van der Waals surface area contributed by atoms with Crippen LogP contribution in [0.2, 0.25) is 5.02 Å². The fraction of sp³-hybridized carbons (Fsp3) is 0.167. The Morgan fingerprint density at radius 2 is 1.92 bits per heavy atom. The van der Waals surface area contributed by atoms with Gasteiger partial charge in [-0.05, 0) is 42.7 Å². The second-order valence-electron chi connectivity index (χ2n) is 5.39. The Balaban J connectivity index is 1.80. The molecule has 2 aromatic carbocycles. The van der Waals surface area contributed by atoms with Gasteiger partial charge in [-0.2, -0.15) is 10.1 Å². The van der Waals surface area contributed by atoms with Crippen molar-refractivity contribution in [2.24, 2.45) is 0 Å². The van der Waals surface area contributed by atoms with E-state index in [9.17, 15) is 0 Å². The van der Waals surface area contributed by atoms with Crippen molar-refractivity contribution in [3.8, 4) is 0 Å². The first kappa shape index (κ1) is 16.2. The third kappa shape index (κ3) is 3.81. The summed E-state index contributed by atoms with van der Waals surface area (Å²) in [5, 5.41) is 15.2. The van der Waals surface area contributed by atoms with E-state index in [4.69, 9.17) is 11.6 Å². The van der Waals surface area contributed by atoms with Crippen molar-refractivity contribution in [1.29, 1.82) is 0 Å². The average Bonchev–Trinajstić information content (AvgIpc) is 2.59. The first-order valence-electron chi connectivity index (χ1n) is 7.73. The lowest BCUT2D eigenvalue weighted by Gasteiger charge is -2.10. The van der Waals surface area contributed by atoms with Gasteiger partial charge in [0.15, 0.2) is 5.82 Å². The minimum Gasteiger partial charge on any atom is -0.339 e. The van der Waals surface area contributed by atoms with E-state index in [0.717, 1.165) is 23.4 Å². The molecule has 3 rings (SSSR count). The van der Waals surface area contributed by atoms with Crippen LogP contribution < -0.4 is 10.6 Å². The fourth-order valence-corrected chi connectivity index (χ4v) is 2.49. The van der Waals surface area contributed by atoms with Crippen molar-refractivity contribution >= 4 is 34.7 Å². The maximum absolute atomic E-state index is 6.15. The number of aryl methyl sites for hydroxylation is 2. The van der Waals surface area contributed by atoms with Gasteiger partial charge in [-0.15, -0.1) is 5.10 Å². The van der Waals surface area contributed by atoms with Crippen LogP contribution in [-0.2, 0) is 6.42 Å². The number of hydrogen-bond donors (Lipinski definition) is 2. The van der Waals surface area contributed by atoms with Gasteiger partial charge in [0, 0.05) is 16.4 Å². The van der Waals surface area contributed by atoms with Gasteiger partial charge in [-0.25, -0.2) is 0 Å². The van der Waals surface area contributed by atoms with Crippen molar-refractivity contribution in [3.05, 3.63) is 64.8 Å². The van der Waals surface area contributed by atoms with Crippen LogP contribution in [0.3, 0.4) is 0 Å². The Bertz CT molecular complexity index is 850. The van der Waals surface area contributed by atoms with E-state index >= 15 is 0 Å². The number of para-hydroxylation sites is 1. The number of halogens is 1. The van der Waals surface area contributed by atoms with Crippen molar-refractivity contribution in [1.82, 2.24) is 15.2 Å². The average molecular weight is 340 g/mol. The van der Waals surface area contributed by atoms with Crippen LogP contribution in [0.1, 0.15) is 18.1 Å². The summed E-state index contributed by atoms with van der Waals surface area (Å²) in [6.45, 7) is 4.07. The number of hydrogen-bond acceptors (Lipinski definition) is 5. The maximum Gasteiger partial charge on any atom is 0.249 e. The Labute approximate surface area is 146 Å². The zero-order valence-corrected chi connectivity index (χ0v) is 14.3. The summed E-state index contributed by atoms with van der Waals surface area (Å²) in [5.74, 6) is 1.04. The van der Waals surface area contributed by atoms with Gasteiger partial charge >= 0.3 is 0 Å². The highest BCUT2D eigenvalue weighted by molar-refractivity contribution is 6.31. The first-order valence-corrected chi connectivity index (χ1v) is 8.11. The van der Waals surface area contributed by atoms with Gasteiger partial charge in [0.2, 0.25) is 5.95 Å². The number of aromatic nitrogens is 3. The SMILES string of the molecule is CCc1ccccc1Nc1nncc(Nc2ccc(C)c(Cl)c2)n1. The molecule has 0 saturated carbocycles. The van der Waals surface area contributed by atoms with E-state index in [1.54, 1.807) is 6.20 Å². The van der Waals surface area contributed by atoms with Crippen molar-refractivity contribution < 1.29 is 0 Å². The minimum absolute atomic E-state index is 0.444. The standard InChI is InChI=1S/C18H18ClN5/c1-3-13-6-4-5-7-16(13)22-18-23-17(11-20-24-18)21-14-9-8-12(2)15(19)10-14/h4-11H,3H2,1-2H3,(H2,21,22,23,24). The molecule has 0 saturated heterocycles. The predicted octanol–water partition coefficient (Wildman–Crippen LogP) is 4.88. The molecule has 2 N–H and O–H groups in total. The molecule has 5 nitrogen and oxygen atoms in total. The summed E-state index contributed by atoms with van der Waals surface area (Å²) >= 11 is 6.15. The molecule has 0 radical (unpaired) electrons. The van der Waals surface area contributed by atoms with E-state index in [0.29, 0.717) is 16.8 Å². The number of benzene rings is 2. The Hall–Kier alpha value is -2.66. The van der Waals surface area contributed by atoms with E-state index in [1.165, 1.54) is 5.56 Å². The third-order valence-corrected chi connectivity index (χ3v) is 4.06. The van der Waals surface area contributed by atoms with Gasteiger partial charge in [-0.1, -0.05) is 42.8 Å². The molecule has 0 atom stereocenters. The summed E-state index contributed by atoms with van der Waals surface area (Å²) in [6, 6.07) is 13.8. The monoisotopic (exact) mass is 339 g/mol. The highest BCUT2D eigenvalue weighted by Crippen LogP contribution is 2.23. The smallest absolute Gasteiger partial charge is 0.249 e. The zero-order valence-electron chi connectivity index (χ0n) is 13.5. The molecule has 6 heteroatoms. The molecule has 0 spiro atoms. The quantitative estimate of drug-likeness (QED) is 0.693. The lowest BCUT2D eigenvalue weighted by atomic mass is 10.1. The van der Waals surface area contributed by atoms with Crippen LogP contribution in [0.25, 0.3) is 0 Å². The molecule has 24 heavy (non-hydrogen) atoms. The maximum atomic E-state index is 6.15. The normalized spacial score (nSPS) is 10.5. The molecule has 0 bridgehead atoms.